The summed E-state index contributed by atoms with van der Waals surface area (Å²) in [6.07, 6.45) is 1.69. The standard InChI is InChI=1S/C23H28BrN3O3S/c1-4-25-9-11-26(12-10-25)16-18-13-20(6-7-22(18)24)31(28,29)27-15-17(2)21-14-19(30-3)5-8-23(21)27/h5-8,13-15H,4,9-12,16H2,1-3H3. The van der Waals surface area contributed by atoms with Crippen LogP contribution in [-0.4, -0.2) is 62.0 Å². The van der Waals surface area contributed by atoms with Gasteiger partial charge in [-0.05, 0) is 61.0 Å². The predicted octanol–water partition coefficient (Wildman–Crippen LogP) is 4.10. The SMILES string of the molecule is CCN1CCN(Cc2cc(S(=O)(=O)n3cc(C)c4cc(OC)ccc43)ccc2Br)CC1. The third-order valence-corrected chi connectivity index (χ3v) is 8.50. The first-order chi connectivity index (χ1) is 14.8. The van der Waals surface area contributed by atoms with E-state index >= 15 is 0 Å². The van der Waals surface area contributed by atoms with Crippen LogP contribution >= 0.6 is 15.9 Å². The van der Waals surface area contributed by atoms with Crippen LogP contribution < -0.4 is 4.74 Å². The molecule has 1 saturated heterocycles. The van der Waals surface area contributed by atoms with Crippen molar-refractivity contribution in [3.8, 4) is 5.75 Å². The van der Waals surface area contributed by atoms with E-state index in [1.165, 1.54) is 3.97 Å². The summed E-state index contributed by atoms with van der Waals surface area (Å²) in [6.45, 7) is 9.96. The number of nitrogens with zero attached hydrogens (tertiary/aromatic N) is 3. The maximum Gasteiger partial charge on any atom is 0.268 e. The van der Waals surface area contributed by atoms with E-state index in [9.17, 15) is 8.42 Å². The monoisotopic (exact) mass is 505 g/mol. The van der Waals surface area contributed by atoms with E-state index in [1.54, 1.807) is 37.6 Å². The maximum atomic E-state index is 13.5. The smallest absolute Gasteiger partial charge is 0.268 e. The summed E-state index contributed by atoms with van der Waals surface area (Å²) in [5.74, 6) is 0.708. The molecule has 2 aromatic carbocycles. The summed E-state index contributed by atoms with van der Waals surface area (Å²) < 4.78 is 34.7. The molecule has 1 fully saturated rings. The second-order valence-corrected chi connectivity index (χ2v) is 10.6. The highest BCUT2D eigenvalue weighted by atomic mass is 79.9. The third kappa shape index (κ3) is 4.39. The Labute approximate surface area is 192 Å². The molecule has 31 heavy (non-hydrogen) atoms. The molecule has 8 heteroatoms. The van der Waals surface area contributed by atoms with E-state index in [2.05, 4.69) is 32.7 Å². The van der Waals surface area contributed by atoms with Gasteiger partial charge in [-0.25, -0.2) is 12.4 Å². The summed E-state index contributed by atoms with van der Waals surface area (Å²) in [5.41, 5.74) is 2.53. The summed E-state index contributed by atoms with van der Waals surface area (Å²) in [4.78, 5) is 5.11. The number of piperazine rings is 1. The van der Waals surface area contributed by atoms with Crippen LogP contribution in [0.25, 0.3) is 10.9 Å². The molecule has 0 amide bonds. The summed E-state index contributed by atoms with van der Waals surface area (Å²) in [5, 5.41) is 0.869. The van der Waals surface area contributed by atoms with Crippen molar-refractivity contribution in [1.29, 1.82) is 0 Å². The molecule has 3 aromatic rings. The van der Waals surface area contributed by atoms with Crippen molar-refractivity contribution < 1.29 is 13.2 Å². The Hall–Kier alpha value is -1.87. The molecule has 6 nitrogen and oxygen atoms in total. The minimum Gasteiger partial charge on any atom is -0.497 e. The zero-order valence-electron chi connectivity index (χ0n) is 18.1. The lowest BCUT2D eigenvalue weighted by Gasteiger charge is -2.34. The normalized spacial score (nSPS) is 16.1. The molecule has 4 rings (SSSR count). The molecular weight excluding hydrogens is 478 g/mol. The average molecular weight is 506 g/mol. The number of hydrogen-bond donors (Lipinski definition) is 0. The molecule has 1 aliphatic rings. The van der Waals surface area contributed by atoms with E-state index in [1.807, 2.05) is 19.1 Å². The number of methoxy groups -OCH3 is 1. The highest BCUT2D eigenvalue weighted by Crippen LogP contribution is 2.30. The zero-order valence-corrected chi connectivity index (χ0v) is 20.5. The molecule has 0 spiro atoms. The van der Waals surface area contributed by atoms with Gasteiger partial charge in [-0.3, -0.25) is 4.90 Å². The molecule has 2 heterocycles. The van der Waals surface area contributed by atoms with Crippen molar-refractivity contribution in [2.75, 3.05) is 39.8 Å². The van der Waals surface area contributed by atoms with Crippen LogP contribution in [0.3, 0.4) is 0 Å². The van der Waals surface area contributed by atoms with Gasteiger partial charge in [-0.1, -0.05) is 22.9 Å². The van der Waals surface area contributed by atoms with Crippen LogP contribution in [0.15, 0.2) is 52.0 Å². The van der Waals surface area contributed by atoms with Crippen molar-refractivity contribution in [2.24, 2.45) is 0 Å². The number of benzene rings is 2. The van der Waals surface area contributed by atoms with E-state index < -0.39 is 10.0 Å². The number of halogens is 1. The largest absolute Gasteiger partial charge is 0.497 e. The fraction of sp³-hybridized carbons (Fsp3) is 0.391. The lowest BCUT2D eigenvalue weighted by Crippen LogP contribution is -2.45. The molecule has 166 valence electrons. The molecule has 0 unspecified atom stereocenters. The zero-order chi connectivity index (χ0) is 22.2. The first-order valence-corrected chi connectivity index (χ1v) is 12.7. The number of likely N-dealkylation sites (N-methyl/N-ethyl adjacent to an activating group) is 1. The number of rotatable bonds is 6. The quantitative estimate of drug-likeness (QED) is 0.504. The van der Waals surface area contributed by atoms with Crippen molar-refractivity contribution in [3.63, 3.8) is 0 Å². The summed E-state index contributed by atoms with van der Waals surface area (Å²) in [7, 11) is -2.12. The van der Waals surface area contributed by atoms with Gasteiger partial charge in [0.2, 0.25) is 0 Å². The number of aryl methyl sites for hydroxylation is 1. The molecule has 0 atom stereocenters. The number of hydrogen-bond acceptors (Lipinski definition) is 5. The van der Waals surface area contributed by atoms with Crippen molar-refractivity contribution in [2.45, 2.75) is 25.3 Å². The maximum absolute atomic E-state index is 13.5. The Kier molecular flexibility index (Phi) is 6.44. The Morgan fingerprint density at radius 1 is 1.03 bits per heavy atom. The fourth-order valence-corrected chi connectivity index (χ4v) is 5.96. The molecule has 1 aliphatic heterocycles. The number of aromatic nitrogens is 1. The molecule has 0 N–H and O–H groups in total. The Morgan fingerprint density at radius 2 is 1.74 bits per heavy atom. The van der Waals surface area contributed by atoms with Crippen molar-refractivity contribution >= 4 is 36.9 Å². The van der Waals surface area contributed by atoms with Gasteiger partial charge in [0, 0.05) is 48.8 Å². The molecule has 0 radical (unpaired) electrons. The highest BCUT2D eigenvalue weighted by molar-refractivity contribution is 9.10. The Bertz CT molecular complexity index is 1200. The minimum absolute atomic E-state index is 0.297. The van der Waals surface area contributed by atoms with Crippen LogP contribution in [0, 0.1) is 6.92 Å². The van der Waals surface area contributed by atoms with Gasteiger partial charge in [0.05, 0.1) is 17.5 Å². The minimum atomic E-state index is -3.73. The van der Waals surface area contributed by atoms with Gasteiger partial charge >= 0.3 is 0 Å². The Morgan fingerprint density at radius 3 is 2.42 bits per heavy atom. The van der Waals surface area contributed by atoms with Crippen LogP contribution in [0.4, 0.5) is 0 Å². The second-order valence-electron chi connectivity index (χ2n) is 7.96. The van der Waals surface area contributed by atoms with Crippen molar-refractivity contribution in [1.82, 2.24) is 13.8 Å². The lowest BCUT2D eigenvalue weighted by molar-refractivity contribution is 0.131. The molecular formula is C23H28BrN3O3S. The van der Waals surface area contributed by atoms with Crippen LogP contribution in [0.5, 0.6) is 5.75 Å². The summed E-state index contributed by atoms with van der Waals surface area (Å²) in [6, 6.07) is 10.8. The molecule has 0 bridgehead atoms. The lowest BCUT2D eigenvalue weighted by atomic mass is 10.2. The summed E-state index contributed by atoms with van der Waals surface area (Å²) >= 11 is 3.61. The van der Waals surface area contributed by atoms with Crippen molar-refractivity contribution in [3.05, 3.63) is 58.2 Å². The predicted molar refractivity (Wildman–Crippen MR) is 127 cm³/mol. The first-order valence-electron chi connectivity index (χ1n) is 10.5. The topological polar surface area (TPSA) is 54.8 Å². The van der Waals surface area contributed by atoms with Gasteiger partial charge in [-0.2, -0.15) is 0 Å². The Balaban J connectivity index is 1.66. The van der Waals surface area contributed by atoms with Gasteiger partial charge in [0.15, 0.2) is 0 Å². The van der Waals surface area contributed by atoms with Gasteiger partial charge in [0.25, 0.3) is 10.0 Å². The van der Waals surface area contributed by atoms with Gasteiger partial charge in [0.1, 0.15) is 5.75 Å². The van der Waals surface area contributed by atoms with Gasteiger partial charge < -0.3 is 9.64 Å². The molecule has 0 saturated carbocycles. The third-order valence-electron chi connectivity index (χ3n) is 6.06. The number of fused-ring (bicyclic) bond motifs is 1. The van der Waals surface area contributed by atoms with E-state index in [0.717, 1.165) is 60.3 Å². The second kappa shape index (κ2) is 8.94. The van der Waals surface area contributed by atoms with Gasteiger partial charge in [-0.15, -0.1) is 0 Å². The highest BCUT2D eigenvalue weighted by Gasteiger charge is 2.23. The fourth-order valence-electron chi connectivity index (χ4n) is 4.11. The van der Waals surface area contributed by atoms with Crippen LogP contribution in [0.2, 0.25) is 0 Å². The van der Waals surface area contributed by atoms with E-state index in [-0.39, 0.29) is 0 Å². The average Bonchev–Trinajstić information content (AvgIpc) is 3.12. The van der Waals surface area contributed by atoms with E-state index in [4.69, 9.17) is 4.74 Å². The first kappa shape index (κ1) is 22.3. The van der Waals surface area contributed by atoms with Crippen LogP contribution in [0.1, 0.15) is 18.1 Å². The molecule has 1 aromatic heterocycles. The number of ether oxygens (including phenoxy) is 1. The molecule has 0 aliphatic carbocycles. The van der Waals surface area contributed by atoms with Crippen LogP contribution in [-0.2, 0) is 16.6 Å². The van der Waals surface area contributed by atoms with E-state index in [0.29, 0.717) is 16.2 Å².